The van der Waals surface area contributed by atoms with Crippen molar-refractivity contribution in [3.05, 3.63) is 89.0 Å². The van der Waals surface area contributed by atoms with Crippen molar-refractivity contribution in [2.24, 2.45) is 10.2 Å². The van der Waals surface area contributed by atoms with Crippen molar-refractivity contribution in [2.45, 2.75) is 12.8 Å². The predicted octanol–water partition coefficient (Wildman–Crippen LogP) is 3.15. The number of aliphatic carboxylic acids is 1. The van der Waals surface area contributed by atoms with Gasteiger partial charge in [-0.25, -0.2) is 0 Å². The van der Waals surface area contributed by atoms with Crippen molar-refractivity contribution in [1.29, 1.82) is 0 Å². The number of hydroxylamine groups is 2. The highest BCUT2D eigenvalue weighted by atomic mass is 16.6. The highest BCUT2D eigenvalue weighted by Crippen LogP contribution is 2.36. The first-order chi connectivity index (χ1) is 13.6. The predicted molar refractivity (Wildman–Crippen MR) is 107 cm³/mol. The van der Waals surface area contributed by atoms with Crippen molar-refractivity contribution in [1.82, 2.24) is 5.01 Å². The second-order valence-electron chi connectivity index (χ2n) is 6.70. The molecular formula is C21H20N4O3. The van der Waals surface area contributed by atoms with Gasteiger partial charge >= 0.3 is 5.97 Å². The second kappa shape index (κ2) is 7.38. The zero-order chi connectivity index (χ0) is 19.6. The standard InChI is InChI=1S/C21H20N4O3/c26-19(27)12-7-14-24-13-6-10-17(22-24)20-18-11-4-5-15-25(18,28)23-21(20)16-8-2-1-3-9-16/h1-6,8-11,15H,7,12-14H2,(H,26,27). The quantitative estimate of drug-likeness (QED) is 0.610. The van der Waals surface area contributed by atoms with Crippen LogP contribution in [-0.4, -0.2) is 45.4 Å². The molecule has 3 heterocycles. The Balaban J connectivity index is 1.72. The summed E-state index contributed by atoms with van der Waals surface area (Å²) in [6.45, 7) is 1.14. The number of benzene rings is 1. The van der Waals surface area contributed by atoms with Crippen molar-refractivity contribution < 1.29 is 14.7 Å². The van der Waals surface area contributed by atoms with Gasteiger partial charge in [0, 0.05) is 24.6 Å². The van der Waals surface area contributed by atoms with E-state index in [0.717, 1.165) is 5.56 Å². The molecule has 3 aliphatic rings. The number of fused-ring (bicyclic) bond motifs is 1. The molecule has 0 fully saturated rings. The molecule has 0 saturated heterocycles. The number of carboxylic acids is 1. The normalized spacial score (nSPS) is 23.0. The summed E-state index contributed by atoms with van der Waals surface area (Å²) in [6, 6.07) is 9.59. The highest BCUT2D eigenvalue weighted by molar-refractivity contribution is 6.34. The van der Waals surface area contributed by atoms with E-state index in [2.05, 4.69) is 10.2 Å². The average molecular weight is 376 g/mol. The minimum absolute atomic E-state index is 0.101. The van der Waals surface area contributed by atoms with Gasteiger partial charge < -0.3 is 10.3 Å². The van der Waals surface area contributed by atoms with Gasteiger partial charge in [-0.15, -0.1) is 0 Å². The minimum atomic E-state index is -0.887. The van der Waals surface area contributed by atoms with Gasteiger partial charge in [-0.2, -0.15) is 9.86 Å². The van der Waals surface area contributed by atoms with Crippen molar-refractivity contribution in [2.75, 3.05) is 13.1 Å². The molecule has 142 valence electrons. The van der Waals surface area contributed by atoms with E-state index in [0.29, 0.717) is 42.2 Å². The van der Waals surface area contributed by atoms with Crippen LogP contribution in [0.5, 0.6) is 0 Å². The summed E-state index contributed by atoms with van der Waals surface area (Å²) < 4.78 is -0.887. The molecule has 3 aliphatic heterocycles. The fourth-order valence-electron chi connectivity index (χ4n) is 3.40. The summed E-state index contributed by atoms with van der Waals surface area (Å²) >= 11 is 0. The fraction of sp³-hybridized carbons (Fsp3) is 0.190. The van der Waals surface area contributed by atoms with Gasteiger partial charge in [0.15, 0.2) is 5.70 Å². The molecule has 1 N–H and O–H groups in total. The molecule has 28 heavy (non-hydrogen) atoms. The molecule has 0 amide bonds. The third-order valence-corrected chi connectivity index (χ3v) is 4.69. The summed E-state index contributed by atoms with van der Waals surface area (Å²) in [7, 11) is 0. The molecule has 4 rings (SSSR count). The SMILES string of the molecule is O=C(O)CCCN1CC=CC(C2=C3C=CC=C[N+]3([O-])N=C2c2ccccc2)=N1. The lowest BCUT2D eigenvalue weighted by atomic mass is 9.96. The molecular weight excluding hydrogens is 356 g/mol. The van der Waals surface area contributed by atoms with E-state index in [1.165, 1.54) is 6.20 Å². The number of hydrogen-bond acceptors (Lipinski definition) is 5. The van der Waals surface area contributed by atoms with Gasteiger partial charge in [-0.1, -0.05) is 47.6 Å². The molecule has 7 heteroatoms. The lowest BCUT2D eigenvalue weighted by Gasteiger charge is -2.30. The zero-order valence-corrected chi connectivity index (χ0v) is 15.2. The molecule has 1 atom stereocenters. The summed E-state index contributed by atoms with van der Waals surface area (Å²) in [5.41, 5.74) is 3.36. The van der Waals surface area contributed by atoms with Gasteiger partial charge in [0.05, 0.1) is 17.8 Å². The number of nitrogens with zero attached hydrogens (tertiary/aromatic N) is 4. The Bertz CT molecular complexity index is 973. The maximum absolute atomic E-state index is 13.2. The summed E-state index contributed by atoms with van der Waals surface area (Å²) in [4.78, 5) is 10.8. The second-order valence-corrected chi connectivity index (χ2v) is 6.70. The molecule has 0 bridgehead atoms. The molecule has 0 aromatic heterocycles. The smallest absolute Gasteiger partial charge is 0.303 e. The number of rotatable bonds is 6. The molecule has 0 saturated carbocycles. The topological polar surface area (TPSA) is 88.3 Å². The Kier molecular flexibility index (Phi) is 4.77. The zero-order valence-electron chi connectivity index (χ0n) is 15.2. The van der Waals surface area contributed by atoms with Gasteiger partial charge in [0.25, 0.3) is 0 Å². The average Bonchev–Trinajstić information content (AvgIpc) is 3.02. The van der Waals surface area contributed by atoms with E-state index in [4.69, 9.17) is 5.11 Å². The Morgan fingerprint density at radius 3 is 2.82 bits per heavy atom. The highest BCUT2D eigenvalue weighted by Gasteiger charge is 2.38. The van der Waals surface area contributed by atoms with Crippen LogP contribution >= 0.6 is 0 Å². The van der Waals surface area contributed by atoms with Crippen LogP contribution in [0.2, 0.25) is 0 Å². The number of quaternary nitrogens is 1. The molecule has 1 unspecified atom stereocenters. The Morgan fingerprint density at radius 1 is 1.21 bits per heavy atom. The van der Waals surface area contributed by atoms with E-state index >= 15 is 0 Å². The monoisotopic (exact) mass is 376 g/mol. The minimum Gasteiger partial charge on any atom is -0.595 e. The first-order valence-corrected chi connectivity index (χ1v) is 9.15. The summed E-state index contributed by atoms with van der Waals surface area (Å²) in [5.74, 6) is -0.816. The van der Waals surface area contributed by atoms with Crippen LogP contribution in [0, 0.1) is 5.21 Å². The maximum Gasteiger partial charge on any atom is 0.303 e. The first kappa shape index (κ1) is 18.1. The van der Waals surface area contributed by atoms with Crippen molar-refractivity contribution >= 4 is 17.4 Å². The van der Waals surface area contributed by atoms with Crippen molar-refractivity contribution in [3.63, 3.8) is 0 Å². The largest absolute Gasteiger partial charge is 0.595 e. The van der Waals surface area contributed by atoms with Crippen LogP contribution in [0.3, 0.4) is 0 Å². The van der Waals surface area contributed by atoms with Crippen LogP contribution in [0.15, 0.2) is 88.4 Å². The fourth-order valence-corrected chi connectivity index (χ4v) is 3.40. The Labute approximate surface area is 162 Å². The summed E-state index contributed by atoms with van der Waals surface area (Å²) in [5, 5.41) is 33.1. The molecule has 7 nitrogen and oxygen atoms in total. The number of allylic oxidation sites excluding steroid dienone is 5. The van der Waals surface area contributed by atoms with Crippen LogP contribution in [0.4, 0.5) is 0 Å². The van der Waals surface area contributed by atoms with Crippen LogP contribution in [-0.2, 0) is 4.79 Å². The number of carboxylic acid groups (broad SMARTS) is 1. The van der Waals surface area contributed by atoms with E-state index < -0.39 is 10.7 Å². The Hall–Kier alpha value is -3.29. The number of carbonyl (C=O) groups is 1. The lowest BCUT2D eigenvalue weighted by Crippen LogP contribution is -2.29. The molecule has 0 spiro atoms. The van der Waals surface area contributed by atoms with Gasteiger partial charge in [-0.3, -0.25) is 9.80 Å². The van der Waals surface area contributed by atoms with Crippen LogP contribution in [0.25, 0.3) is 0 Å². The van der Waals surface area contributed by atoms with Gasteiger partial charge in [0.1, 0.15) is 11.9 Å². The molecule has 1 aromatic rings. The van der Waals surface area contributed by atoms with Gasteiger partial charge in [0.2, 0.25) is 0 Å². The number of hydrazone groups is 1. The molecule has 0 radical (unpaired) electrons. The van der Waals surface area contributed by atoms with Crippen LogP contribution < -0.4 is 0 Å². The third kappa shape index (κ3) is 3.45. The molecule has 0 aliphatic carbocycles. The van der Waals surface area contributed by atoms with E-state index in [-0.39, 0.29) is 6.42 Å². The van der Waals surface area contributed by atoms with Crippen LogP contribution in [0.1, 0.15) is 18.4 Å². The van der Waals surface area contributed by atoms with E-state index in [1.54, 1.807) is 12.2 Å². The van der Waals surface area contributed by atoms with Gasteiger partial charge in [-0.05, 0) is 18.6 Å². The van der Waals surface area contributed by atoms with E-state index in [9.17, 15) is 10.0 Å². The first-order valence-electron chi connectivity index (χ1n) is 9.15. The lowest BCUT2D eigenvalue weighted by molar-refractivity contribution is -0.790. The van der Waals surface area contributed by atoms with E-state index in [1.807, 2.05) is 53.6 Å². The Morgan fingerprint density at radius 2 is 2.04 bits per heavy atom. The third-order valence-electron chi connectivity index (χ3n) is 4.69. The summed E-state index contributed by atoms with van der Waals surface area (Å²) in [6.07, 6.45) is 11.3. The number of hydrogen-bond donors (Lipinski definition) is 1. The molecule has 1 aromatic carbocycles. The maximum atomic E-state index is 13.2. The van der Waals surface area contributed by atoms with Crippen molar-refractivity contribution in [3.8, 4) is 0 Å².